The van der Waals surface area contributed by atoms with Gasteiger partial charge in [0.15, 0.2) is 0 Å². The maximum absolute atomic E-state index is 9.60. The first-order valence-corrected chi connectivity index (χ1v) is 6.82. The molecule has 3 heteroatoms. The fourth-order valence-electron chi connectivity index (χ4n) is 3.21. The average Bonchev–Trinajstić information content (AvgIpc) is 2.33. The van der Waals surface area contributed by atoms with Crippen LogP contribution in [0.15, 0.2) is 0 Å². The van der Waals surface area contributed by atoms with Crippen LogP contribution in [0, 0.1) is 5.92 Å². The van der Waals surface area contributed by atoms with Gasteiger partial charge < -0.3 is 10.2 Å². The minimum Gasteiger partial charge on any atom is -0.395 e. The molecule has 2 fully saturated rings. The van der Waals surface area contributed by atoms with Crippen molar-refractivity contribution >= 4 is 0 Å². The van der Waals surface area contributed by atoms with Crippen LogP contribution in [0.5, 0.6) is 0 Å². The van der Waals surface area contributed by atoms with Crippen molar-refractivity contribution in [2.75, 3.05) is 19.7 Å². The standard InChI is InChI=1S/C13H25NO2/c15-10-12-8-13(16)6-7-14(12)9-11-4-2-1-3-5-11/h11-13,15-16H,1-10H2/t12-,13+/m0/s1. The molecule has 1 saturated carbocycles. The number of aliphatic hydroxyl groups excluding tert-OH is 2. The molecule has 1 heterocycles. The number of rotatable bonds is 3. The Bertz CT molecular complexity index is 204. The second kappa shape index (κ2) is 5.99. The topological polar surface area (TPSA) is 43.7 Å². The van der Waals surface area contributed by atoms with Crippen molar-refractivity contribution in [3.63, 3.8) is 0 Å². The lowest BCUT2D eigenvalue weighted by Gasteiger charge is -2.39. The number of hydrogen-bond acceptors (Lipinski definition) is 3. The molecule has 94 valence electrons. The third kappa shape index (κ3) is 3.19. The molecule has 0 radical (unpaired) electrons. The summed E-state index contributed by atoms with van der Waals surface area (Å²) < 4.78 is 0. The van der Waals surface area contributed by atoms with Crippen LogP contribution in [-0.4, -0.2) is 47.0 Å². The zero-order valence-electron chi connectivity index (χ0n) is 10.1. The Morgan fingerprint density at radius 1 is 1.06 bits per heavy atom. The highest BCUT2D eigenvalue weighted by atomic mass is 16.3. The maximum atomic E-state index is 9.60. The van der Waals surface area contributed by atoms with E-state index in [-0.39, 0.29) is 18.8 Å². The predicted molar refractivity (Wildman–Crippen MR) is 64.3 cm³/mol. The fraction of sp³-hybridized carbons (Fsp3) is 1.00. The smallest absolute Gasteiger partial charge is 0.0587 e. The minimum absolute atomic E-state index is 0.195. The molecule has 3 nitrogen and oxygen atoms in total. The van der Waals surface area contributed by atoms with Gasteiger partial charge in [0.25, 0.3) is 0 Å². The Morgan fingerprint density at radius 2 is 1.81 bits per heavy atom. The van der Waals surface area contributed by atoms with Gasteiger partial charge in [0, 0.05) is 19.1 Å². The Morgan fingerprint density at radius 3 is 2.50 bits per heavy atom. The van der Waals surface area contributed by atoms with E-state index in [1.54, 1.807) is 0 Å². The van der Waals surface area contributed by atoms with E-state index in [2.05, 4.69) is 4.90 Å². The molecule has 1 aliphatic heterocycles. The van der Waals surface area contributed by atoms with Crippen LogP contribution in [-0.2, 0) is 0 Å². The van der Waals surface area contributed by atoms with E-state index in [1.807, 2.05) is 0 Å². The lowest BCUT2D eigenvalue weighted by molar-refractivity contribution is 0.00682. The van der Waals surface area contributed by atoms with Crippen molar-refractivity contribution in [1.82, 2.24) is 4.90 Å². The van der Waals surface area contributed by atoms with Crippen LogP contribution in [0.2, 0.25) is 0 Å². The molecular weight excluding hydrogens is 202 g/mol. The van der Waals surface area contributed by atoms with Crippen LogP contribution in [0.1, 0.15) is 44.9 Å². The van der Waals surface area contributed by atoms with Gasteiger partial charge in [0.2, 0.25) is 0 Å². The molecule has 0 bridgehead atoms. The minimum atomic E-state index is -0.195. The quantitative estimate of drug-likeness (QED) is 0.765. The molecule has 2 N–H and O–H groups in total. The number of hydrogen-bond donors (Lipinski definition) is 2. The molecule has 1 aliphatic carbocycles. The van der Waals surface area contributed by atoms with E-state index >= 15 is 0 Å². The monoisotopic (exact) mass is 227 g/mol. The summed E-state index contributed by atoms with van der Waals surface area (Å²) in [4.78, 5) is 2.41. The lowest BCUT2D eigenvalue weighted by Crippen LogP contribution is -2.48. The summed E-state index contributed by atoms with van der Waals surface area (Å²) in [6, 6.07) is 0.200. The first-order chi connectivity index (χ1) is 7.79. The summed E-state index contributed by atoms with van der Waals surface area (Å²) >= 11 is 0. The molecule has 2 aliphatic rings. The van der Waals surface area contributed by atoms with Crippen LogP contribution in [0.25, 0.3) is 0 Å². The molecule has 0 aromatic carbocycles. The van der Waals surface area contributed by atoms with Crippen molar-refractivity contribution in [3.8, 4) is 0 Å². The third-order valence-corrected chi connectivity index (χ3v) is 4.24. The van der Waals surface area contributed by atoms with Gasteiger partial charge in [0.05, 0.1) is 12.7 Å². The summed E-state index contributed by atoms with van der Waals surface area (Å²) in [6.45, 7) is 2.30. The van der Waals surface area contributed by atoms with Crippen molar-refractivity contribution in [3.05, 3.63) is 0 Å². The molecule has 1 saturated heterocycles. The van der Waals surface area contributed by atoms with Crippen molar-refractivity contribution in [2.45, 2.75) is 57.1 Å². The molecule has 0 spiro atoms. The Hall–Kier alpha value is -0.120. The molecule has 0 unspecified atom stereocenters. The van der Waals surface area contributed by atoms with Gasteiger partial charge in [0.1, 0.15) is 0 Å². The van der Waals surface area contributed by atoms with Gasteiger partial charge in [-0.25, -0.2) is 0 Å². The van der Waals surface area contributed by atoms with E-state index in [4.69, 9.17) is 0 Å². The predicted octanol–water partition coefficient (Wildman–Crippen LogP) is 1.38. The Balaban J connectivity index is 1.82. The van der Waals surface area contributed by atoms with Crippen LogP contribution >= 0.6 is 0 Å². The highest BCUT2D eigenvalue weighted by Gasteiger charge is 2.28. The SMILES string of the molecule is OC[C@@H]1C[C@H](O)CCN1CC1CCCCC1. The molecule has 0 aromatic heterocycles. The molecule has 2 rings (SSSR count). The molecule has 0 amide bonds. The zero-order valence-corrected chi connectivity index (χ0v) is 10.1. The van der Waals surface area contributed by atoms with E-state index in [0.29, 0.717) is 0 Å². The van der Waals surface area contributed by atoms with Gasteiger partial charge in [-0.05, 0) is 31.6 Å². The van der Waals surface area contributed by atoms with Gasteiger partial charge in [-0.3, -0.25) is 4.90 Å². The lowest BCUT2D eigenvalue weighted by atomic mass is 9.87. The summed E-state index contributed by atoms with van der Waals surface area (Å²) in [7, 11) is 0. The van der Waals surface area contributed by atoms with E-state index < -0.39 is 0 Å². The second-order valence-corrected chi connectivity index (χ2v) is 5.51. The summed E-state index contributed by atoms with van der Waals surface area (Å²) in [6.07, 6.45) is 8.31. The second-order valence-electron chi connectivity index (χ2n) is 5.51. The van der Waals surface area contributed by atoms with Crippen molar-refractivity contribution in [2.24, 2.45) is 5.92 Å². The van der Waals surface area contributed by atoms with Crippen LogP contribution in [0.4, 0.5) is 0 Å². The van der Waals surface area contributed by atoms with Crippen LogP contribution < -0.4 is 0 Å². The Kier molecular flexibility index (Phi) is 4.62. The first kappa shape index (κ1) is 12.3. The summed E-state index contributed by atoms with van der Waals surface area (Å²) in [5, 5.41) is 19.0. The zero-order chi connectivity index (χ0) is 11.4. The van der Waals surface area contributed by atoms with Crippen LogP contribution in [0.3, 0.4) is 0 Å². The van der Waals surface area contributed by atoms with Crippen molar-refractivity contribution < 1.29 is 10.2 Å². The molecule has 16 heavy (non-hydrogen) atoms. The van der Waals surface area contributed by atoms with Gasteiger partial charge in [-0.15, -0.1) is 0 Å². The first-order valence-electron chi connectivity index (χ1n) is 6.82. The number of likely N-dealkylation sites (tertiary alicyclic amines) is 1. The largest absolute Gasteiger partial charge is 0.395 e. The van der Waals surface area contributed by atoms with Gasteiger partial charge >= 0.3 is 0 Å². The number of piperidine rings is 1. The third-order valence-electron chi connectivity index (χ3n) is 4.24. The highest BCUT2D eigenvalue weighted by Crippen LogP contribution is 2.27. The molecular formula is C13H25NO2. The molecule has 0 aromatic rings. The van der Waals surface area contributed by atoms with E-state index in [0.717, 1.165) is 31.8 Å². The number of aliphatic hydroxyl groups is 2. The van der Waals surface area contributed by atoms with Crippen molar-refractivity contribution in [1.29, 1.82) is 0 Å². The maximum Gasteiger partial charge on any atom is 0.0587 e. The Labute approximate surface area is 98.5 Å². The summed E-state index contributed by atoms with van der Waals surface area (Å²) in [5.74, 6) is 0.832. The fourth-order valence-corrected chi connectivity index (χ4v) is 3.21. The number of nitrogens with zero attached hydrogens (tertiary/aromatic N) is 1. The van der Waals surface area contributed by atoms with Gasteiger partial charge in [-0.1, -0.05) is 19.3 Å². The average molecular weight is 227 g/mol. The van der Waals surface area contributed by atoms with E-state index in [1.165, 1.54) is 32.1 Å². The van der Waals surface area contributed by atoms with Gasteiger partial charge in [-0.2, -0.15) is 0 Å². The molecule has 2 atom stereocenters. The van der Waals surface area contributed by atoms with E-state index in [9.17, 15) is 10.2 Å². The summed E-state index contributed by atoms with van der Waals surface area (Å²) in [5.41, 5.74) is 0. The highest BCUT2D eigenvalue weighted by molar-refractivity contribution is 4.83. The normalized spacial score (nSPS) is 34.1.